The second-order valence-corrected chi connectivity index (χ2v) is 21.2. The van der Waals surface area contributed by atoms with Crippen LogP contribution in [-0.4, -0.2) is 47.3 Å². The van der Waals surface area contributed by atoms with Gasteiger partial charge in [-0.15, -0.1) is 0 Å². The Hall–Kier alpha value is -5.64. The fraction of sp³-hybridized carbons (Fsp3) is 0.481. The van der Waals surface area contributed by atoms with Crippen LogP contribution in [0.1, 0.15) is 195 Å². The van der Waals surface area contributed by atoms with Gasteiger partial charge in [0.25, 0.3) is 0 Å². The molecule has 4 rings (SSSR count). The van der Waals surface area contributed by atoms with E-state index in [2.05, 4.69) is 0 Å². The highest BCUT2D eigenvalue weighted by Gasteiger charge is 2.31. The highest BCUT2D eigenvalue weighted by atomic mass is 16.5. The maximum atomic E-state index is 13.5. The number of aryl methyl sites for hydroxylation is 4. The third-order valence-electron chi connectivity index (χ3n) is 11.2. The van der Waals surface area contributed by atoms with E-state index in [-0.39, 0.29) is 24.7 Å². The lowest BCUT2D eigenvalue weighted by molar-refractivity contribution is 0.0473. The van der Waals surface area contributed by atoms with Gasteiger partial charge in [0.05, 0.1) is 35.5 Å². The average molecular weight is 879 g/mol. The lowest BCUT2D eigenvalue weighted by atomic mass is 9.78. The van der Waals surface area contributed by atoms with Crippen molar-refractivity contribution in [2.45, 2.75) is 158 Å². The number of hydrogen-bond donors (Lipinski definition) is 2. The Balaban J connectivity index is 1.26. The number of unbranched alkanes of at least 4 members (excludes halogenated alkanes) is 3. The molecule has 346 valence electrons. The summed E-state index contributed by atoms with van der Waals surface area (Å²) in [5, 5.41) is 22.2. The predicted octanol–water partition coefficient (Wildman–Crippen LogP) is 12.5. The van der Waals surface area contributed by atoms with Crippen molar-refractivity contribution < 1.29 is 48.3 Å². The van der Waals surface area contributed by atoms with Gasteiger partial charge in [0.1, 0.15) is 23.0 Å². The molecule has 0 aliphatic heterocycles. The molecular formula is C54H70O10. The third kappa shape index (κ3) is 12.5. The van der Waals surface area contributed by atoms with Gasteiger partial charge in [0, 0.05) is 22.3 Å². The molecule has 0 saturated heterocycles. The summed E-state index contributed by atoms with van der Waals surface area (Å²) in [6.07, 6.45) is 2.78. The van der Waals surface area contributed by atoms with Gasteiger partial charge < -0.3 is 29.2 Å². The lowest BCUT2D eigenvalue weighted by Gasteiger charge is -2.28. The van der Waals surface area contributed by atoms with Crippen LogP contribution >= 0.6 is 0 Å². The van der Waals surface area contributed by atoms with Gasteiger partial charge in [-0.3, -0.25) is 0 Å². The van der Waals surface area contributed by atoms with Gasteiger partial charge in [0.2, 0.25) is 0 Å². The molecule has 0 unspecified atom stereocenters. The molecule has 0 fully saturated rings. The summed E-state index contributed by atoms with van der Waals surface area (Å²) in [7, 11) is 0. The number of carbonyl (C=O) groups is 4. The SMILES string of the molecule is Cc1cc(C(=O)OCCCCCCOC(=O)c2cc(C)c(OC(=O)c3cc(C(C)(C)C)c(O)c(C(C)(C)C)c3)c(C)c2)cc(C)c1OC(=O)c1cc(C(C)(C)C)c(O)c(C(C)(C)C)c1. The Morgan fingerprint density at radius 1 is 0.391 bits per heavy atom. The monoisotopic (exact) mass is 878 g/mol. The first kappa shape index (κ1) is 51.0. The van der Waals surface area contributed by atoms with E-state index in [1.54, 1.807) is 76.2 Å². The van der Waals surface area contributed by atoms with Crippen molar-refractivity contribution in [3.05, 3.63) is 115 Å². The van der Waals surface area contributed by atoms with Crippen LogP contribution in [0.15, 0.2) is 48.5 Å². The van der Waals surface area contributed by atoms with Crippen molar-refractivity contribution in [1.29, 1.82) is 0 Å². The van der Waals surface area contributed by atoms with Crippen LogP contribution < -0.4 is 9.47 Å². The molecule has 0 spiro atoms. The largest absolute Gasteiger partial charge is 0.507 e. The zero-order valence-electron chi connectivity index (χ0n) is 41.0. The van der Waals surface area contributed by atoms with E-state index in [1.165, 1.54) is 0 Å². The molecule has 0 aliphatic rings. The summed E-state index contributed by atoms with van der Waals surface area (Å²) in [4.78, 5) is 53.0. The van der Waals surface area contributed by atoms with Crippen LogP contribution in [-0.2, 0) is 31.1 Å². The van der Waals surface area contributed by atoms with E-state index >= 15 is 0 Å². The van der Waals surface area contributed by atoms with Crippen molar-refractivity contribution in [1.82, 2.24) is 0 Å². The number of esters is 4. The van der Waals surface area contributed by atoms with Crippen LogP contribution in [0.4, 0.5) is 0 Å². The number of hydrogen-bond acceptors (Lipinski definition) is 10. The van der Waals surface area contributed by atoms with Gasteiger partial charge >= 0.3 is 23.9 Å². The van der Waals surface area contributed by atoms with Crippen LogP contribution in [0.3, 0.4) is 0 Å². The standard InChI is InChI=1S/C54H70O10/c1-31-23-35(24-32(2)45(31)63-49(59)37-27-39(51(5,6)7)43(55)40(28-37)52(8,9)10)47(57)61-21-19-17-18-20-22-62-48(58)36-25-33(3)46(34(4)26-36)64-50(60)38-29-41(53(11,12)13)44(56)42(30-38)54(14,15)16/h23-30,55-56H,17-22H2,1-16H3. The number of ether oxygens (including phenoxy) is 4. The number of carbonyl (C=O) groups excluding carboxylic acids is 4. The van der Waals surface area contributed by atoms with Crippen molar-refractivity contribution in [2.24, 2.45) is 0 Å². The molecule has 10 heteroatoms. The molecule has 0 aromatic heterocycles. The van der Waals surface area contributed by atoms with E-state index in [1.807, 2.05) is 83.1 Å². The Bertz CT molecular complexity index is 2120. The second kappa shape index (κ2) is 19.6. The quantitative estimate of drug-likeness (QED) is 0.0756. The molecule has 64 heavy (non-hydrogen) atoms. The smallest absolute Gasteiger partial charge is 0.343 e. The van der Waals surface area contributed by atoms with E-state index in [4.69, 9.17) is 18.9 Å². The number of aromatic hydroxyl groups is 2. The van der Waals surface area contributed by atoms with Crippen molar-refractivity contribution >= 4 is 23.9 Å². The van der Waals surface area contributed by atoms with Crippen molar-refractivity contribution in [3.63, 3.8) is 0 Å². The average Bonchev–Trinajstić information content (AvgIpc) is 3.16. The first-order valence-corrected chi connectivity index (χ1v) is 22.2. The fourth-order valence-corrected chi connectivity index (χ4v) is 7.61. The fourth-order valence-electron chi connectivity index (χ4n) is 7.61. The molecule has 0 bridgehead atoms. The molecule has 0 aliphatic carbocycles. The van der Waals surface area contributed by atoms with Crippen LogP contribution in [0.2, 0.25) is 0 Å². The normalized spacial score (nSPS) is 12.2. The molecule has 4 aromatic carbocycles. The summed E-state index contributed by atoms with van der Waals surface area (Å²) < 4.78 is 22.9. The van der Waals surface area contributed by atoms with Crippen molar-refractivity contribution in [3.8, 4) is 23.0 Å². The summed E-state index contributed by atoms with van der Waals surface area (Å²) in [6.45, 7) is 31.3. The van der Waals surface area contributed by atoms with Gasteiger partial charge in [-0.1, -0.05) is 83.1 Å². The van der Waals surface area contributed by atoms with Gasteiger partial charge in [-0.25, -0.2) is 19.2 Å². The summed E-state index contributed by atoms with van der Waals surface area (Å²) in [5.41, 5.74) is 4.83. The van der Waals surface area contributed by atoms with E-state index in [9.17, 15) is 29.4 Å². The molecule has 10 nitrogen and oxygen atoms in total. The molecule has 0 heterocycles. The predicted molar refractivity (Wildman–Crippen MR) is 252 cm³/mol. The molecular weight excluding hydrogens is 809 g/mol. The van der Waals surface area contributed by atoms with E-state index < -0.39 is 45.5 Å². The Kier molecular flexibility index (Phi) is 15.6. The van der Waals surface area contributed by atoms with Gasteiger partial charge in [-0.2, -0.15) is 0 Å². The lowest BCUT2D eigenvalue weighted by Crippen LogP contribution is -2.20. The molecule has 0 saturated carbocycles. The zero-order valence-corrected chi connectivity index (χ0v) is 41.0. The summed E-state index contributed by atoms with van der Waals surface area (Å²) in [6, 6.07) is 13.3. The molecule has 2 N–H and O–H groups in total. The zero-order chi connectivity index (χ0) is 48.3. The highest BCUT2D eigenvalue weighted by Crippen LogP contribution is 2.42. The van der Waals surface area contributed by atoms with E-state index in [0.29, 0.717) is 91.1 Å². The third-order valence-corrected chi connectivity index (χ3v) is 11.2. The summed E-state index contributed by atoms with van der Waals surface area (Å²) in [5.74, 6) is -0.965. The number of benzene rings is 4. The minimum absolute atomic E-state index is 0.179. The minimum atomic E-state index is -0.552. The Morgan fingerprint density at radius 3 is 0.859 bits per heavy atom. The molecule has 0 amide bonds. The number of phenols is 2. The summed E-state index contributed by atoms with van der Waals surface area (Å²) >= 11 is 0. The Morgan fingerprint density at radius 2 is 0.625 bits per heavy atom. The maximum Gasteiger partial charge on any atom is 0.343 e. The topological polar surface area (TPSA) is 146 Å². The first-order valence-electron chi connectivity index (χ1n) is 22.2. The van der Waals surface area contributed by atoms with Crippen LogP contribution in [0.5, 0.6) is 23.0 Å². The van der Waals surface area contributed by atoms with Gasteiger partial charge in [0.15, 0.2) is 0 Å². The minimum Gasteiger partial charge on any atom is -0.507 e. The van der Waals surface area contributed by atoms with Gasteiger partial charge in [-0.05, 0) is 146 Å². The number of phenolic OH excluding ortho intramolecular Hbond substituents is 2. The molecule has 4 aromatic rings. The maximum absolute atomic E-state index is 13.5. The highest BCUT2D eigenvalue weighted by molar-refractivity contribution is 5.95. The van der Waals surface area contributed by atoms with E-state index in [0.717, 1.165) is 12.8 Å². The van der Waals surface area contributed by atoms with Crippen molar-refractivity contribution in [2.75, 3.05) is 13.2 Å². The van der Waals surface area contributed by atoms with Crippen LogP contribution in [0.25, 0.3) is 0 Å². The molecule has 0 atom stereocenters. The molecule has 0 radical (unpaired) electrons. The second-order valence-electron chi connectivity index (χ2n) is 21.2. The first-order chi connectivity index (χ1) is 29.4. The Labute approximate surface area is 380 Å². The van der Waals surface area contributed by atoms with Crippen LogP contribution in [0, 0.1) is 27.7 Å². The number of rotatable bonds is 13.